The van der Waals surface area contributed by atoms with E-state index in [0.717, 1.165) is 10.0 Å². The first kappa shape index (κ1) is 20.7. The molecule has 0 aromatic heterocycles. The van der Waals surface area contributed by atoms with Crippen LogP contribution in [-0.4, -0.2) is 12.5 Å². The first-order chi connectivity index (χ1) is 14.0. The number of allylic oxidation sites excluding steroid dienone is 1. The summed E-state index contributed by atoms with van der Waals surface area (Å²) in [5, 5.41) is 13.0. The van der Waals surface area contributed by atoms with Crippen molar-refractivity contribution in [2.45, 2.75) is 0 Å². The summed E-state index contributed by atoms with van der Waals surface area (Å²) in [4.78, 5) is 12.2. The Morgan fingerprint density at radius 1 is 1.10 bits per heavy atom. The molecule has 0 bridgehead atoms. The number of para-hydroxylation sites is 1. The summed E-state index contributed by atoms with van der Waals surface area (Å²) in [7, 11) is 0. The molecule has 0 atom stereocenters. The molecule has 3 aromatic carbocycles. The summed E-state index contributed by atoms with van der Waals surface area (Å²) in [6.45, 7) is -0.153. The molecule has 3 rings (SSSR count). The van der Waals surface area contributed by atoms with Gasteiger partial charge in [0, 0.05) is 20.7 Å². The van der Waals surface area contributed by atoms with Gasteiger partial charge in [0.25, 0.3) is 5.91 Å². The lowest BCUT2D eigenvalue weighted by Crippen LogP contribution is -2.20. The number of hydrogen-bond acceptors (Lipinski definition) is 3. The Hall–Kier alpha value is -3.07. The van der Waals surface area contributed by atoms with E-state index in [1.54, 1.807) is 48.5 Å². The van der Waals surface area contributed by atoms with E-state index in [4.69, 9.17) is 16.3 Å². The maximum absolute atomic E-state index is 12.2. The first-order valence-corrected chi connectivity index (χ1v) is 9.87. The number of nitrogens with zero attached hydrogens (tertiary/aromatic N) is 1. The Kier molecular flexibility index (Phi) is 7.07. The van der Waals surface area contributed by atoms with Crippen LogP contribution in [0.15, 0.2) is 77.3 Å². The molecule has 0 aliphatic rings. The SMILES string of the molecule is N#C/C(=C\c1cc(Br)ccc1OCC(=O)Nc1ccccc1)c1ccc(Cl)cc1. The summed E-state index contributed by atoms with van der Waals surface area (Å²) in [6.07, 6.45) is 1.72. The van der Waals surface area contributed by atoms with E-state index in [1.807, 2.05) is 30.3 Å². The molecule has 144 valence electrons. The van der Waals surface area contributed by atoms with Crippen molar-refractivity contribution in [3.8, 4) is 11.8 Å². The number of nitriles is 1. The van der Waals surface area contributed by atoms with E-state index in [0.29, 0.717) is 27.6 Å². The van der Waals surface area contributed by atoms with Gasteiger partial charge in [-0.3, -0.25) is 4.79 Å². The van der Waals surface area contributed by atoms with Gasteiger partial charge in [0.05, 0.1) is 11.6 Å². The molecular formula is C23H16BrClN2O2. The molecule has 6 heteroatoms. The van der Waals surface area contributed by atoms with Crippen LogP contribution in [-0.2, 0) is 4.79 Å². The third-order valence-electron chi connectivity index (χ3n) is 3.96. The largest absolute Gasteiger partial charge is 0.483 e. The molecule has 0 aliphatic carbocycles. The second-order valence-corrected chi connectivity index (χ2v) is 7.41. The summed E-state index contributed by atoms with van der Waals surface area (Å²) in [5.41, 5.74) is 2.58. The Labute approximate surface area is 182 Å². The van der Waals surface area contributed by atoms with Crippen molar-refractivity contribution < 1.29 is 9.53 Å². The van der Waals surface area contributed by atoms with Crippen LogP contribution < -0.4 is 10.1 Å². The van der Waals surface area contributed by atoms with Crippen LogP contribution in [0.1, 0.15) is 11.1 Å². The minimum atomic E-state index is -0.271. The fraction of sp³-hybridized carbons (Fsp3) is 0.0435. The van der Waals surface area contributed by atoms with Crippen molar-refractivity contribution in [3.05, 3.63) is 93.4 Å². The van der Waals surface area contributed by atoms with Crippen LogP contribution in [0.4, 0.5) is 5.69 Å². The van der Waals surface area contributed by atoms with Crippen LogP contribution in [0.3, 0.4) is 0 Å². The zero-order chi connectivity index (χ0) is 20.6. The Morgan fingerprint density at radius 2 is 1.83 bits per heavy atom. The van der Waals surface area contributed by atoms with Crippen LogP contribution >= 0.6 is 27.5 Å². The second-order valence-electron chi connectivity index (χ2n) is 6.06. The van der Waals surface area contributed by atoms with E-state index < -0.39 is 0 Å². The summed E-state index contributed by atoms with van der Waals surface area (Å²) >= 11 is 9.36. The van der Waals surface area contributed by atoms with Crippen LogP contribution in [0.25, 0.3) is 11.6 Å². The highest BCUT2D eigenvalue weighted by molar-refractivity contribution is 9.10. The van der Waals surface area contributed by atoms with Crippen LogP contribution in [0.2, 0.25) is 5.02 Å². The lowest BCUT2D eigenvalue weighted by atomic mass is 10.0. The van der Waals surface area contributed by atoms with E-state index in [9.17, 15) is 10.1 Å². The number of carbonyl (C=O) groups is 1. The highest BCUT2D eigenvalue weighted by Gasteiger charge is 2.09. The number of carbonyl (C=O) groups excluding carboxylic acids is 1. The molecule has 0 radical (unpaired) electrons. The van der Waals surface area contributed by atoms with Gasteiger partial charge in [-0.2, -0.15) is 5.26 Å². The smallest absolute Gasteiger partial charge is 0.262 e. The number of amides is 1. The molecule has 4 nitrogen and oxygen atoms in total. The lowest BCUT2D eigenvalue weighted by molar-refractivity contribution is -0.118. The molecular weight excluding hydrogens is 452 g/mol. The van der Waals surface area contributed by atoms with Gasteiger partial charge in [-0.15, -0.1) is 0 Å². The van der Waals surface area contributed by atoms with E-state index in [2.05, 4.69) is 27.3 Å². The summed E-state index contributed by atoms with van der Waals surface area (Å²) in [6, 6.07) is 23.8. The van der Waals surface area contributed by atoms with Gasteiger partial charge < -0.3 is 10.1 Å². The molecule has 0 unspecified atom stereocenters. The average molecular weight is 468 g/mol. The molecule has 1 amide bonds. The van der Waals surface area contributed by atoms with Crippen molar-refractivity contribution in [2.24, 2.45) is 0 Å². The van der Waals surface area contributed by atoms with Gasteiger partial charge in [-0.05, 0) is 54.1 Å². The minimum absolute atomic E-state index is 0.153. The number of anilines is 1. The Balaban J connectivity index is 1.79. The van der Waals surface area contributed by atoms with Gasteiger partial charge in [0.15, 0.2) is 6.61 Å². The Morgan fingerprint density at radius 3 is 2.52 bits per heavy atom. The predicted molar refractivity (Wildman–Crippen MR) is 120 cm³/mol. The number of halogens is 2. The maximum Gasteiger partial charge on any atom is 0.262 e. The molecule has 0 spiro atoms. The summed E-state index contributed by atoms with van der Waals surface area (Å²) in [5.74, 6) is 0.227. The first-order valence-electron chi connectivity index (χ1n) is 8.70. The highest BCUT2D eigenvalue weighted by Crippen LogP contribution is 2.28. The van der Waals surface area contributed by atoms with Crippen molar-refractivity contribution in [3.63, 3.8) is 0 Å². The zero-order valence-electron chi connectivity index (χ0n) is 15.2. The van der Waals surface area contributed by atoms with Crippen molar-refractivity contribution in [1.82, 2.24) is 0 Å². The summed E-state index contributed by atoms with van der Waals surface area (Å²) < 4.78 is 6.55. The zero-order valence-corrected chi connectivity index (χ0v) is 17.6. The second kappa shape index (κ2) is 9.92. The molecule has 0 fully saturated rings. The molecule has 0 aliphatic heterocycles. The molecule has 1 N–H and O–H groups in total. The highest BCUT2D eigenvalue weighted by atomic mass is 79.9. The van der Waals surface area contributed by atoms with Crippen molar-refractivity contribution in [2.75, 3.05) is 11.9 Å². The van der Waals surface area contributed by atoms with Crippen LogP contribution in [0, 0.1) is 11.3 Å². The number of ether oxygens (including phenoxy) is 1. The van der Waals surface area contributed by atoms with Crippen LogP contribution in [0.5, 0.6) is 5.75 Å². The number of hydrogen-bond donors (Lipinski definition) is 1. The molecule has 0 saturated carbocycles. The fourth-order valence-corrected chi connectivity index (χ4v) is 3.10. The fourth-order valence-electron chi connectivity index (χ4n) is 2.59. The lowest BCUT2D eigenvalue weighted by Gasteiger charge is -2.11. The molecule has 0 heterocycles. The quantitative estimate of drug-likeness (QED) is 0.347. The number of benzene rings is 3. The van der Waals surface area contributed by atoms with Gasteiger partial charge in [-0.25, -0.2) is 0 Å². The topological polar surface area (TPSA) is 62.1 Å². The molecule has 3 aromatic rings. The molecule has 29 heavy (non-hydrogen) atoms. The van der Waals surface area contributed by atoms with E-state index in [1.165, 1.54) is 0 Å². The van der Waals surface area contributed by atoms with E-state index >= 15 is 0 Å². The minimum Gasteiger partial charge on any atom is -0.483 e. The van der Waals surface area contributed by atoms with Gasteiger partial charge >= 0.3 is 0 Å². The standard InChI is InChI=1S/C23H16BrClN2O2/c24-19-8-11-22(29-15-23(28)27-21-4-2-1-3-5-21)17(13-19)12-18(14-26)16-6-9-20(25)10-7-16/h1-13H,15H2,(H,27,28)/b18-12+. The maximum atomic E-state index is 12.2. The molecule has 0 saturated heterocycles. The van der Waals surface area contributed by atoms with Gasteiger partial charge in [0.1, 0.15) is 5.75 Å². The average Bonchev–Trinajstić information content (AvgIpc) is 2.73. The normalized spacial score (nSPS) is 10.9. The monoisotopic (exact) mass is 466 g/mol. The third kappa shape index (κ3) is 5.95. The van der Waals surface area contributed by atoms with Gasteiger partial charge in [-0.1, -0.05) is 57.9 Å². The van der Waals surface area contributed by atoms with E-state index in [-0.39, 0.29) is 12.5 Å². The number of nitrogens with one attached hydrogen (secondary N) is 1. The predicted octanol–water partition coefficient (Wildman–Crippen LogP) is 6.18. The third-order valence-corrected chi connectivity index (χ3v) is 4.71. The van der Waals surface area contributed by atoms with Crippen molar-refractivity contribution >= 4 is 50.8 Å². The number of rotatable bonds is 6. The Bertz CT molecular complexity index is 1070. The van der Waals surface area contributed by atoms with Crippen molar-refractivity contribution in [1.29, 1.82) is 5.26 Å². The van der Waals surface area contributed by atoms with Gasteiger partial charge in [0.2, 0.25) is 0 Å².